The Morgan fingerprint density at radius 2 is 0.580 bits per heavy atom. The minimum atomic E-state index is -2.08. The molecule has 7 aliphatic heterocycles. The molecular weight excluding hydrogens is 1870 g/mol. The lowest BCUT2D eigenvalue weighted by Crippen LogP contribution is -2.65. The molecule has 7 saturated heterocycles. The number of carbonyl (C=O) groups excluding carboxylic acids is 7. The monoisotopic (exact) mass is 2010 g/mol. The van der Waals surface area contributed by atoms with Gasteiger partial charge in [-0.3, -0.25) is 43.3 Å². The normalized spacial score (nSPS) is 35.3. The number of amides is 7. The maximum Gasteiger partial charge on any atom is 0.303 e. The molecule has 57 heteroatoms. The van der Waals surface area contributed by atoms with Gasteiger partial charge in [0.25, 0.3) is 0 Å². The Morgan fingerprint density at radius 1 is 0.283 bits per heavy atom. The molecule has 7 aliphatic rings. The van der Waals surface area contributed by atoms with Gasteiger partial charge in [0.15, 0.2) is 44.0 Å². The summed E-state index contributed by atoms with van der Waals surface area (Å²) in [7, 11) is 0. The lowest BCUT2D eigenvalue weighted by molar-refractivity contribution is -0.366. The number of ether oxygens (including phenoxy) is 14. The first-order valence-corrected chi connectivity index (χ1v) is 45.8. The molecule has 0 bridgehead atoms. The number of carbonyl (C=O) groups is 8. The van der Waals surface area contributed by atoms with E-state index >= 15 is 0 Å². The van der Waals surface area contributed by atoms with Crippen LogP contribution in [0.2, 0.25) is 0 Å². The van der Waals surface area contributed by atoms with Crippen LogP contribution in [0.5, 0.6) is 0 Å². The van der Waals surface area contributed by atoms with Gasteiger partial charge in [-0.1, -0.05) is 19.3 Å². The van der Waals surface area contributed by atoms with Gasteiger partial charge in [-0.25, -0.2) is 0 Å². The molecule has 7 rings (SSSR count). The highest BCUT2D eigenvalue weighted by Gasteiger charge is 2.54. The third kappa shape index (κ3) is 35.8. The lowest BCUT2D eigenvalue weighted by Gasteiger charge is -2.46. The summed E-state index contributed by atoms with van der Waals surface area (Å²) in [6.45, 7) is -11.6. The maximum absolute atomic E-state index is 14.4. The molecule has 57 nitrogen and oxygen atoms in total. The Bertz CT molecular complexity index is 3480. The highest BCUT2D eigenvalue weighted by atomic mass is 16.8. The van der Waals surface area contributed by atoms with Crippen molar-refractivity contribution in [3.05, 3.63) is 0 Å². The summed E-state index contributed by atoms with van der Waals surface area (Å²) >= 11 is 0. The number of nitrogens with zero attached hydrogens (tertiary/aromatic N) is 3. The van der Waals surface area contributed by atoms with Crippen molar-refractivity contribution in [1.29, 1.82) is 0 Å². The average molecular weight is 2010 g/mol. The number of nitrogens with one attached hydrogen (secondary N) is 5. The van der Waals surface area contributed by atoms with Crippen LogP contribution >= 0.6 is 0 Å². The van der Waals surface area contributed by atoms with Crippen molar-refractivity contribution >= 4 is 47.3 Å². The molecule has 36 atom stereocenters. The van der Waals surface area contributed by atoms with Gasteiger partial charge in [0.2, 0.25) is 41.4 Å². The van der Waals surface area contributed by atoms with Crippen LogP contribution < -0.4 is 26.6 Å². The fraction of sp³-hybridized carbons (Fsp3) is 0.901. The van der Waals surface area contributed by atoms with E-state index in [4.69, 9.17) is 71.4 Å². The molecule has 0 radical (unpaired) electrons. The SMILES string of the molecule is O=C(O)CCCCCNC(=O)CN(CC(=O)NCCO[C@H]1O[C@H](CO[C@H]2O[C@H](CO)[C@@H](O)[C@H](O)[C@@H]2O)[C@@H](O)[C@H](O[C@H]2O[C@H](CO)[C@@H](O)[C@H](O)[C@@H]2O)[C@@H]1O)CC(=O)N[C@@H](CCC(=O)NCCCCCC(=O)N(CCO[C@H]1O[C@H](CO)[C@@H](O)[C@H](O)[C@@H]1O)CCO[C@H]1O[C@H](CO)[C@@H](O)[C@H](O)[C@@H]1O)C(=O)NCCCCCC(=O)N(CCO[C@H]1O[C@H](CO)[C@@H](O)[C@H](O)[C@@H]1O)CCO[C@H]1O[C@H](CO)[C@@H](O)[C@H](O)[C@@H]1O. The van der Waals surface area contributed by atoms with E-state index in [2.05, 4.69) is 26.6 Å². The van der Waals surface area contributed by atoms with Crippen LogP contribution in [0.1, 0.15) is 89.9 Å². The fourth-order valence-electron chi connectivity index (χ4n) is 15.7. The maximum atomic E-state index is 14.4. The highest BCUT2D eigenvalue weighted by molar-refractivity contribution is 5.90. The standard InChI is InChI=1S/C81H142N8O49/c90-31-39-53(104)60(111)66(117)75(131-39)126-24-19-88(20-25-127-76-67(118)61(112)54(105)40(32-91)132-76)50(100)10-4-1-7-15-82-46(96)14-13-38(74(124)85-17-9-2-5-11-51(101)89(21-26-128-77-68(119)62(113)55(106)41(33-92)133-77)22-27-129-78-69(120)63(114)56(107)42(34-93)134-78)86-49(99)30-87(28-47(97)83-16-8-3-6-12-52(102)103)29-48(98)84-18-23-125-80-72(123)73(138-81-71(122)65(116)58(109)44(36-95)136-81)59(110)45(137-80)37-130-79-70(121)64(115)57(108)43(35-94)135-79/h38-45,53-73,75-81,90-95,104-123H,1-37H2,(H,82,96)(H,83,97)(H,84,98)(H,85,124)(H,86,99)(H,102,103)/t38-,39+,40+,41+,42+,43+,44+,45+,53+,54+,55+,56+,57+,58+,59+,60-,61-,62-,63-,64-,65-,66-,67-,68-,69-,70-,71-,72-,73-,75-,76-,77-,78-,79-,80-,81+/m0/s1. The van der Waals surface area contributed by atoms with Crippen molar-refractivity contribution in [1.82, 2.24) is 41.3 Å². The minimum Gasteiger partial charge on any atom is -0.481 e. The largest absolute Gasteiger partial charge is 0.481 e. The molecular formula is C81H142N8O49. The molecule has 0 aliphatic carbocycles. The van der Waals surface area contributed by atoms with Crippen LogP contribution in [0.3, 0.4) is 0 Å². The number of aliphatic hydroxyl groups excluding tert-OH is 26. The van der Waals surface area contributed by atoms with Gasteiger partial charge in [-0.2, -0.15) is 0 Å². The van der Waals surface area contributed by atoms with Crippen molar-refractivity contribution in [2.75, 3.05) is 151 Å². The number of carboxylic acids is 1. The van der Waals surface area contributed by atoms with Crippen LogP contribution in [0, 0.1) is 0 Å². The molecule has 0 unspecified atom stereocenters. The second-order valence-corrected chi connectivity index (χ2v) is 34.2. The number of rotatable bonds is 60. The van der Waals surface area contributed by atoms with Gasteiger partial charge in [0.05, 0.1) is 98.9 Å². The first-order valence-electron chi connectivity index (χ1n) is 45.8. The van der Waals surface area contributed by atoms with Crippen molar-refractivity contribution in [3.8, 4) is 0 Å². The van der Waals surface area contributed by atoms with Gasteiger partial charge < -0.3 is 241 Å². The second-order valence-electron chi connectivity index (χ2n) is 34.2. The summed E-state index contributed by atoms with van der Waals surface area (Å²) in [5, 5.41) is 292. The molecule has 0 aromatic rings. The van der Waals surface area contributed by atoms with E-state index in [9.17, 15) is 171 Å². The molecule has 7 fully saturated rings. The van der Waals surface area contributed by atoms with E-state index in [1.807, 2.05) is 0 Å². The quantitative estimate of drug-likeness (QED) is 0.0251. The molecule has 0 aromatic carbocycles. The van der Waals surface area contributed by atoms with E-state index < -0.39 is 360 Å². The third-order valence-electron chi connectivity index (χ3n) is 24.0. The van der Waals surface area contributed by atoms with Crippen LogP contribution in [0.4, 0.5) is 0 Å². The first-order chi connectivity index (χ1) is 65.7. The molecule has 7 amide bonds. The van der Waals surface area contributed by atoms with Crippen LogP contribution in [-0.4, -0.2) is 572 Å². The molecule has 138 heavy (non-hydrogen) atoms. The number of carboxylic acid groups (broad SMARTS) is 1. The first kappa shape index (κ1) is 119. The molecule has 0 saturated carbocycles. The fourth-order valence-corrected chi connectivity index (χ4v) is 15.7. The predicted octanol–water partition coefficient (Wildman–Crippen LogP) is -18.8. The molecule has 0 aromatic heterocycles. The Kier molecular flexibility index (Phi) is 52.4. The van der Waals surface area contributed by atoms with E-state index in [1.54, 1.807) is 0 Å². The number of hydrogen-bond acceptors (Lipinski definition) is 49. The topological polar surface area (TPSA) is 882 Å². The number of aliphatic hydroxyl groups is 26. The molecule has 7 heterocycles. The van der Waals surface area contributed by atoms with Gasteiger partial charge in [0, 0.05) is 78.0 Å². The predicted molar refractivity (Wildman–Crippen MR) is 450 cm³/mol. The van der Waals surface area contributed by atoms with Crippen LogP contribution in [0.25, 0.3) is 0 Å². The zero-order valence-electron chi connectivity index (χ0n) is 75.8. The summed E-state index contributed by atoms with van der Waals surface area (Å²) in [4.78, 5) is 112. The molecule has 800 valence electrons. The van der Waals surface area contributed by atoms with E-state index in [-0.39, 0.29) is 130 Å². The van der Waals surface area contributed by atoms with Crippen molar-refractivity contribution in [2.45, 2.75) is 311 Å². The Labute approximate surface area is 790 Å². The van der Waals surface area contributed by atoms with E-state index in [0.29, 0.717) is 19.3 Å². The summed E-state index contributed by atoms with van der Waals surface area (Å²) in [6.07, 6.45) is -60.1. The van der Waals surface area contributed by atoms with E-state index in [0.717, 1.165) is 4.90 Å². The summed E-state index contributed by atoms with van der Waals surface area (Å²) in [6, 6.07) is -1.56. The summed E-state index contributed by atoms with van der Waals surface area (Å²) < 4.78 is 77.9. The Hall–Kier alpha value is -5.88. The molecule has 0 spiro atoms. The smallest absolute Gasteiger partial charge is 0.303 e. The van der Waals surface area contributed by atoms with Crippen molar-refractivity contribution in [2.24, 2.45) is 0 Å². The zero-order valence-corrected chi connectivity index (χ0v) is 75.8. The second kappa shape index (κ2) is 60.8. The summed E-state index contributed by atoms with van der Waals surface area (Å²) in [5.41, 5.74) is 0. The average Bonchev–Trinajstić information content (AvgIpc) is 0.779. The third-order valence-corrected chi connectivity index (χ3v) is 24.0. The number of aliphatic carboxylic acids is 1. The van der Waals surface area contributed by atoms with Crippen LogP contribution in [-0.2, 0) is 105 Å². The van der Waals surface area contributed by atoms with Gasteiger partial charge in [0.1, 0.15) is 177 Å². The Morgan fingerprint density at radius 3 is 0.942 bits per heavy atom. The zero-order chi connectivity index (χ0) is 102. The van der Waals surface area contributed by atoms with Crippen molar-refractivity contribution in [3.63, 3.8) is 0 Å². The van der Waals surface area contributed by atoms with E-state index in [1.165, 1.54) is 9.80 Å². The van der Waals surface area contributed by atoms with Crippen LogP contribution in [0.15, 0.2) is 0 Å². The van der Waals surface area contributed by atoms with Gasteiger partial charge in [-0.05, 0) is 44.9 Å². The Balaban J connectivity index is 1.02. The van der Waals surface area contributed by atoms with Gasteiger partial charge >= 0.3 is 5.97 Å². The van der Waals surface area contributed by atoms with Crippen molar-refractivity contribution < 1.29 is 243 Å². The summed E-state index contributed by atoms with van der Waals surface area (Å²) in [5.74, 6) is -6.26. The number of hydrogen-bond donors (Lipinski definition) is 32. The highest BCUT2D eigenvalue weighted by Crippen LogP contribution is 2.33. The minimum absolute atomic E-state index is 0.00304. The molecule has 32 N–H and O–H groups in total. The lowest BCUT2D eigenvalue weighted by atomic mass is 9.96. The number of unbranched alkanes of at least 4 members (excludes halogenated alkanes) is 6. The van der Waals surface area contributed by atoms with Gasteiger partial charge in [-0.15, -0.1) is 0 Å².